The molecule has 1 aliphatic rings. The van der Waals surface area contributed by atoms with E-state index >= 15 is 0 Å². The highest BCUT2D eigenvalue weighted by Crippen LogP contribution is 2.14. The Kier molecular flexibility index (Phi) is 5.70. The van der Waals surface area contributed by atoms with Crippen LogP contribution in [-0.2, 0) is 28.2 Å². The molecule has 8 nitrogen and oxygen atoms in total. The Morgan fingerprint density at radius 3 is 2.92 bits per heavy atom. The molecule has 1 saturated heterocycles. The Labute approximate surface area is 152 Å². The molecular weight excluding hydrogens is 356 g/mol. The van der Waals surface area contributed by atoms with Crippen LogP contribution in [0, 0.1) is 0 Å². The molecule has 2 aromatic rings. The number of rotatable bonds is 7. The summed E-state index contributed by atoms with van der Waals surface area (Å²) in [6.07, 6.45) is 2.99. The van der Waals surface area contributed by atoms with Crippen LogP contribution < -0.4 is 10.0 Å². The zero-order valence-corrected chi connectivity index (χ0v) is 15.3. The number of amides is 1. The zero-order valence-electron chi connectivity index (χ0n) is 14.5. The second kappa shape index (κ2) is 7.98. The maximum Gasteiger partial charge on any atom is 0.251 e. The molecule has 26 heavy (non-hydrogen) atoms. The fourth-order valence-corrected chi connectivity index (χ4v) is 4.07. The molecule has 1 fully saturated rings. The van der Waals surface area contributed by atoms with Gasteiger partial charge in [-0.05, 0) is 30.7 Å². The minimum atomic E-state index is -3.68. The van der Waals surface area contributed by atoms with E-state index in [-0.39, 0.29) is 16.8 Å². The van der Waals surface area contributed by atoms with Gasteiger partial charge in [0.1, 0.15) is 0 Å². The lowest BCUT2D eigenvalue weighted by Gasteiger charge is -2.12. The number of sulfonamides is 1. The summed E-state index contributed by atoms with van der Waals surface area (Å²) in [6, 6.07) is 7.68. The third kappa shape index (κ3) is 4.48. The summed E-state index contributed by atoms with van der Waals surface area (Å²) in [5, 5.41) is 6.88. The summed E-state index contributed by atoms with van der Waals surface area (Å²) in [5.74, 6) is -0.312. The number of carbonyl (C=O) groups is 1. The van der Waals surface area contributed by atoms with Crippen LogP contribution in [0.1, 0.15) is 22.5 Å². The molecule has 1 aliphatic heterocycles. The first-order valence-electron chi connectivity index (χ1n) is 8.41. The fraction of sp³-hybridized carbons (Fsp3) is 0.412. The van der Waals surface area contributed by atoms with E-state index in [9.17, 15) is 13.2 Å². The number of carbonyl (C=O) groups excluding carboxylic acids is 1. The highest BCUT2D eigenvalue weighted by molar-refractivity contribution is 7.89. The van der Waals surface area contributed by atoms with Gasteiger partial charge in [0.15, 0.2) is 0 Å². The van der Waals surface area contributed by atoms with E-state index in [0.717, 1.165) is 5.69 Å². The Balaban J connectivity index is 1.62. The lowest BCUT2D eigenvalue weighted by Crippen LogP contribution is -2.35. The Morgan fingerprint density at radius 1 is 1.38 bits per heavy atom. The minimum Gasteiger partial charge on any atom is -0.380 e. The summed E-state index contributed by atoms with van der Waals surface area (Å²) in [6.45, 7) is 1.35. The van der Waals surface area contributed by atoms with Gasteiger partial charge in [0, 0.05) is 50.1 Å². The molecule has 9 heteroatoms. The Bertz CT molecular complexity index is 872. The number of nitrogens with one attached hydrogen (secondary N) is 2. The number of benzene rings is 1. The number of hydrogen-bond donors (Lipinski definition) is 2. The molecule has 0 saturated carbocycles. The molecule has 1 aromatic carbocycles. The van der Waals surface area contributed by atoms with Crippen LogP contribution >= 0.6 is 0 Å². The fourth-order valence-electron chi connectivity index (χ4n) is 2.77. The van der Waals surface area contributed by atoms with Crippen LogP contribution in [0.2, 0.25) is 0 Å². The van der Waals surface area contributed by atoms with Crippen LogP contribution in [0.15, 0.2) is 41.4 Å². The number of ether oxygens (including phenoxy) is 1. The third-order valence-electron chi connectivity index (χ3n) is 4.25. The van der Waals surface area contributed by atoms with E-state index in [4.69, 9.17) is 4.74 Å². The van der Waals surface area contributed by atoms with Crippen molar-refractivity contribution in [2.75, 3.05) is 19.8 Å². The van der Waals surface area contributed by atoms with Gasteiger partial charge in [-0.2, -0.15) is 5.10 Å². The van der Waals surface area contributed by atoms with E-state index in [2.05, 4.69) is 15.1 Å². The molecule has 0 aliphatic carbocycles. The largest absolute Gasteiger partial charge is 0.380 e. The molecule has 1 amide bonds. The monoisotopic (exact) mass is 378 g/mol. The summed E-state index contributed by atoms with van der Waals surface area (Å²) in [4.78, 5) is 12.4. The normalized spacial score (nSPS) is 17.3. The van der Waals surface area contributed by atoms with Crippen molar-refractivity contribution < 1.29 is 17.9 Å². The molecule has 2 heterocycles. The maximum atomic E-state index is 12.5. The van der Waals surface area contributed by atoms with Crippen molar-refractivity contribution in [2.24, 2.45) is 7.05 Å². The molecule has 1 unspecified atom stereocenters. The second-order valence-corrected chi connectivity index (χ2v) is 7.88. The molecule has 3 rings (SSSR count). The van der Waals surface area contributed by atoms with E-state index in [1.165, 1.54) is 12.1 Å². The third-order valence-corrected chi connectivity index (χ3v) is 5.77. The van der Waals surface area contributed by atoms with Gasteiger partial charge in [0.25, 0.3) is 5.91 Å². The van der Waals surface area contributed by atoms with Gasteiger partial charge in [-0.3, -0.25) is 9.48 Å². The van der Waals surface area contributed by atoms with Crippen LogP contribution in [0.3, 0.4) is 0 Å². The number of hydrogen-bond acceptors (Lipinski definition) is 5. The quantitative estimate of drug-likeness (QED) is 0.729. The predicted octanol–water partition coefficient (Wildman–Crippen LogP) is 0.460. The van der Waals surface area contributed by atoms with Gasteiger partial charge >= 0.3 is 0 Å². The van der Waals surface area contributed by atoms with Gasteiger partial charge in [-0.25, -0.2) is 13.1 Å². The van der Waals surface area contributed by atoms with Gasteiger partial charge < -0.3 is 10.1 Å². The van der Waals surface area contributed by atoms with Gasteiger partial charge in [0.2, 0.25) is 10.0 Å². The van der Waals surface area contributed by atoms with Crippen molar-refractivity contribution in [3.05, 3.63) is 47.8 Å². The average molecular weight is 378 g/mol. The van der Waals surface area contributed by atoms with Crippen molar-refractivity contribution in [1.29, 1.82) is 0 Å². The molecule has 0 spiro atoms. The zero-order chi connectivity index (χ0) is 18.6. The van der Waals surface area contributed by atoms with E-state index in [0.29, 0.717) is 38.2 Å². The van der Waals surface area contributed by atoms with Crippen molar-refractivity contribution in [3.63, 3.8) is 0 Å². The number of nitrogens with zero attached hydrogens (tertiary/aromatic N) is 2. The predicted molar refractivity (Wildman–Crippen MR) is 95.2 cm³/mol. The topological polar surface area (TPSA) is 102 Å². The van der Waals surface area contributed by atoms with E-state index in [1.807, 2.05) is 13.1 Å². The lowest BCUT2D eigenvalue weighted by molar-refractivity contribution is 0.0953. The van der Waals surface area contributed by atoms with Crippen molar-refractivity contribution >= 4 is 15.9 Å². The lowest BCUT2D eigenvalue weighted by atomic mass is 10.2. The van der Waals surface area contributed by atoms with Gasteiger partial charge in [0.05, 0.1) is 11.5 Å². The summed E-state index contributed by atoms with van der Waals surface area (Å²) in [7, 11) is -1.84. The number of aromatic nitrogens is 2. The van der Waals surface area contributed by atoms with Crippen molar-refractivity contribution in [2.45, 2.75) is 23.8 Å². The minimum absolute atomic E-state index is 0.0729. The van der Waals surface area contributed by atoms with Gasteiger partial charge in [-0.1, -0.05) is 6.07 Å². The molecule has 140 valence electrons. The molecular formula is C17H22N4O4S. The smallest absolute Gasteiger partial charge is 0.251 e. The molecule has 2 N–H and O–H groups in total. The van der Waals surface area contributed by atoms with Crippen molar-refractivity contribution in [1.82, 2.24) is 19.8 Å². The second-order valence-electron chi connectivity index (χ2n) is 6.16. The summed E-state index contributed by atoms with van der Waals surface area (Å²) in [5.41, 5.74) is 1.31. The maximum absolute atomic E-state index is 12.5. The summed E-state index contributed by atoms with van der Waals surface area (Å²) < 4.78 is 34.5. The molecule has 0 radical (unpaired) electrons. The summed E-state index contributed by atoms with van der Waals surface area (Å²) >= 11 is 0. The molecule has 1 aromatic heterocycles. The Morgan fingerprint density at radius 2 is 2.23 bits per heavy atom. The van der Waals surface area contributed by atoms with Crippen LogP contribution in [-0.4, -0.2) is 49.9 Å². The van der Waals surface area contributed by atoms with Crippen molar-refractivity contribution in [3.8, 4) is 0 Å². The highest BCUT2D eigenvalue weighted by Gasteiger charge is 2.24. The first kappa shape index (κ1) is 18.6. The highest BCUT2D eigenvalue weighted by atomic mass is 32.2. The van der Waals surface area contributed by atoms with Crippen LogP contribution in [0.5, 0.6) is 0 Å². The van der Waals surface area contributed by atoms with E-state index in [1.54, 1.807) is 23.0 Å². The van der Waals surface area contributed by atoms with Gasteiger partial charge in [-0.15, -0.1) is 0 Å². The first-order chi connectivity index (χ1) is 12.5. The first-order valence-corrected chi connectivity index (χ1v) is 9.89. The SMILES string of the molecule is Cn1nccc1CCNC(=O)c1cccc(S(=O)(=O)NC2CCOC2)c1. The molecule has 0 bridgehead atoms. The van der Waals surface area contributed by atoms with Crippen LogP contribution in [0.25, 0.3) is 0 Å². The Hall–Kier alpha value is -2.23. The molecule has 1 atom stereocenters. The standard InChI is InChI=1S/C17H22N4O4S/c1-21-15(6-9-19-21)5-8-18-17(22)13-3-2-4-16(11-13)26(23,24)20-14-7-10-25-12-14/h2-4,6,9,11,14,20H,5,7-8,10,12H2,1H3,(H,18,22). The average Bonchev–Trinajstić information content (AvgIpc) is 3.26. The van der Waals surface area contributed by atoms with E-state index < -0.39 is 10.0 Å². The van der Waals surface area contributed by atoms with Crippen LogP contribution in [0.4, 0.5) is 0 Å². The number of aryl methyl sites for hydroxylation is 1.